The van der Waals surface area contributed by atoms with Gasteiger partial charge < -0.3 is 10.6 Å². The number of carbonyl (C=O) groups excluding carboxylic acids is 1. The number of hydrogen-bond donors (Lipinski definition) is 1. The average Bonchev–Trinajstić information content (AvgIpc) is 3.23. The van der Waals surface area contributed by atoms with Gasteiger partial charge in [0.05, 0.1) is 13.3 Å². The van der Waals surface area contributed by atoms with E-state index >= 15 is 0 Å². The number of piperazine rings is 1. The molecule has 1 saturated heterocycles. The quantitative estimate of drug-likeness (QED) is 0.521. The van der Waals surface area contributed by atoms with Crippen molar-refractivity contribution in [2.24, 2.45) is 0 Å². The van der Waals surface area contributed by atoms with Crippen LogP contribution in [0.1, 0.15) is 16.6 Å². The summed E-state index contributed by atoms with van der Waals surface area (Å²) in [6.07, 6.45) is 2.74. The summed E-state index contributed by atoms with van der Waals surface area (Å²) in [5, 5.41) is 1.72. The Morgan fingerprint density at radius 1 is 1.33 bits per heavy atom. The molecule has 10 nitrogen and oxygen atoms in total. The van der Waals surface area contributed by atoms with E-state index in [4.69, 9.17) is 10.6 Å². The molecule has 2 aromatic rings. The van der Waals surface area contributed by atoms with Gasteiger partial charge in [-0.05, 0) is 19.1 Å². The topological polar surface area (TPSA) is 122 Å². The number of pyridine rings is 1. The lowest BCUT2D eigenvalue weighted by Gasteiger charge is -2.38. The number of anilines is 2. The van der Waals surface area contributed by atoms with Crippen LogP contribution in [0.25, 0.3) is 0 Å². The molecule has 1 fully saturated rings. The van der Waals surface area contributed by atoms with Gasteiger partial charge in [0.15, 0.2) is 5.13 Å². The Balaban J connectivity index is 1.82. The summed E-state index contributed by atoms with van der Waals surface area (Å²) >= 11 is 1.21. The summed E-state index contributed by atoms with van der Waals surface area (Å²) in [6.45, 7) is 2.48. The third-order valence-electron chi connectivity index (χ3n) is 4.56. The number of carbonyl (C=O) groups is 1. The van der Waals surface area contributed by atoms with Gasteiger partial charge in [-0.3, -0.25) is 9.63 Å². The fourth-order valence-electron chi connectivity index (χ4n) is 2.92. The van der Waals surface area contributed by atoms with Gasteiger partial charge in [-0.1, -0.05) is 17.3 Å². The number of aromatic nitrogens is 2. The fourth-order valence-corrected chi connectivity index (χ4v) is 5.27. The van der Waals surface area contributed by atoms with E-state index < -0.39 is 16.1 Å². The van der Waals surface area contributed by atoms with Gasteiger partial charge in [0.25, 0.3) is 5.91 Å². The summed E-state index contributed by atoms with van der Waals surface area (Å²) in [7, 11) is -0.810. The average molecular weight is 451 g/mol. The number of thiazole rings is 1. The maximum atomic E-state index is 13.0. The molecule has 1 atom stereocenters. The van der Waals surface area contributed by atoms with E-state index in [2.05, 4.69) is 21.8 Å². The highest BCUT2D eigenvalue weighted by Crippen LogP contribution is 2.28. The minimum Gasteiger partial charge on any atom is -0.384 e. The molecular formula is C18H22N6O4S2. The zero-order valence-corrected chi connectivity index (χ0v) is 18.4. The SMILES string of the molecule is CC#CC1CN(S(=O)(=O)c2ccc(N)nc2)CCN1c1ncc(C(=O)N(C)OC)s1. The molecule has 0 aromatic carbocycles. The van der Waals surface area contributed by atoms with Gasteiger partial charge in [0.1, 0.15) is 21.6 Å². The molecule has 0 saturated carbocycles. The number of sulfonamides is 1. The Labute approximate surface area is 179 Å². The Morgan fingerprint density at radius 2 is 2.10 bits per heavy atom. The largest absolute Gasteiger partial charge is 0.384 e. The Hall–Kier alpha value is -2.72. The molecule has 0 bridgehead atoms. The third-order valence-corrected chi connectivity index (χ3v) is 7.43. The highest BCUT2D eigenvalue weighted by Gasteiger charge is 2.35. The van der Waals surface area contributed by atoms with E-state index in [9.17, 15) is 13.2 Å². The molecule has 12 heteroatoms. The number of nitrogens with two attached hydrogens (primary N) is 1. The number of nitrogen functional groups attached to an aromatic ring is 1. The maximum Gasteiger partial charge on any atom is 0.288 e. The summed E-state index contributed by atoms with van der Waals surface area (Å²) in [5.74, 6) is 5.84. The second-order valence-corrected chi connectivity index (χ2v) is 9.32. The second kappa shape index (κ2) is 8.97. The van der Waals surface area contributed by atoms with Crippen molar-refractivity contribution in [3.05, 3.63) is 29.4 Å². The summed E-state index contributed by atoms with van der Waals surface area (Å²) in [5.41, 5.74) is 5.56. The molecule has 1 aliphatic heterocycles. The van der Waals surface area contributed by atoms with Gasteiger partial charge in [-0.15, -0.1) is 5.92 Å². The first-order chi connectivity index (χ1) is 14.3. The zero-order chi connectivity index (χ0) is 21.9. The van der Waals surface area contributed by atoms with Crippen molar-refractivity contribution in [3.8, 4) is 11.8 Å². The highest BCUT2D eigenvalue weighted by atomic mass is 32.2. The van der Waals surface area contributed by atoms with Gasteiger partial charge in [-0.25, -0.2) is 23.4 Å². The van der Waals surface area contributed by atoms with Crippen LogP contribution in [0, 0.1) is 11.8 Å². The van der Waals surface area contributed by atoms with E-state index in [1.54, 1.807) is 6.92 Å². The molecule has 3 rings (SSSR count). The minimum absolute atomic E-state index is 0.0816. The van der Waals surface area contributed by atoms with Gasteiger partial charge >= 0.3 is 0 Å². The van der Waals surface area contributed by atoms with E-state index in [0.717, 1.165) is 5.06 Å². The van der Waals surface area contributed by atoms with E-state index in [1.165, 1.54) is 54.3 Å². The molecule has 1 aliphatic rings. The maximum absolute atomic E-state index is 13.0. The van der Waals surface area contributed by atoms with Crippen LogP contribution < -0.4 is 10.6 Å². The lowest BCUT2D eigenvalue weighted by Crippen LogP contribution is -2.54. The van der Waals surface area contributed by atoms with Crippen molar-refractivity contribution in [2.45, 2.75) is 17.9 Å². The van der Waals surface area contributed by atoms with Gasteiger partial charge in [0, 0.05) is 32.9 Å². The molecule has 30 heavy (non-hydrogen) atoms. The molecule has 160 valence electrons. The normalized spacial score (nSPS) is 17.3. The van der Waals surface area contributed by atoms with Crippen LogP contribution in [0.2, 0.25) is 0 Å². The summed E-state index contributed by atoms with van der Waals surface area (Å²) < 4.78 is 27.4. The van der Waals surface area contributed by atoms with Gasteiger partial charge in [0.2, 0.25) is 10.0 Å². The monoisotopic (exact) mass is 450 g/mol. The van der Waals surface area contributed by atoms with E-state index in [1.807, 2.05) is 4.90 Å². The molecular weight excluding hydrogens is 428 g/mol. The van der Waals surface area contributed by atoms with Crippen molar-refractivity contribution in [3.63, 3.8) is 0 Å². The van der Waals surface area contributed by atoms with Crippen molar-refractivity contribution in [1.29, 1.82) is 0 Å². The number of amides is 1. The van der Waals surface area contributed by atoms with Crippen LogP contribution in [0.4, 0.5) is 10.9 Å². The van der Waals surface area contributed by atoms with E-state index in [0.29, 0.717) is 16.6 Å². The van der Waals surface area contributed by atoms with Crippen LogP contribution in [0.5, 0.6) is 0 Å². The molecule has 2 N–H and O–H groups in total. The summed E-state index contributed by atoms with van der Waals surface area (Å²) in [6, 6.07) is 2.49. The molecule has 0 aliphatic carbocycles. The standard InChI is InChI=1S/C18H22N6O4S2/c1-4-5-13-12-23(30(26,27)14-6-7-16(19)20-10-14)8-9-24(13)18-21-11-15(29-18)17(25)22(2)28-3/h6-7,10-11,13H,8-9,12H2,1-3H3,(H2,19,20). The van der Waals surface area contributed by atoms with Crippen LogP contribution in [-0.4, -0.2) is 73.5 Å². The number of rotatable bonds is 5. The number of hydroxylamine groups is 2. The number of hydrogen-bond acceptors (Lipinski definition) is 9. The van der Waals surface area contributed by atoms with Crippen molar-refractivity contribution < 1.29 is 18.0 Å². The molecule has 2 aromatic heterocycles. The fraction of sp³-hybridized carbons (Fsp3) is 0.389. The third kappa shape index (κ3) is 4.39. The first kappa shape index (κ1) is 22.0. The molecule has 0 spiro atoms. The molecule has 0 radical (unpaired) electrons. The predicted octanol–water partition coefficient (Wildman–Crippen LogP) is 0.657. The van der Waals surface area contributed by atoms with E-state index in [-0.39, 0.29) is 29.7 Å². The highest BCUT2D eigenvalue weighted by molar-refractivity contribution is 7.89. The van der Waals surface area contributed by atoms with Crippen molar-refractivity contribution in [2.75, 3.05) is 44.4 Å². The summed E-state index contributed by atoms with van der Waals surface area (Å²) in [4.78, 5) is 27.8. The van der Waals surface area contributed by atoms with Crippen LogP contribution >= 0.6 is 11.3 Å². The van der Waals surface area contributed by atoms with Gasteiger partial charge in [-0.2, -0.15) is 4.31 Å². The zero-order valence-electron chi connectivity index (χ0n) is 16.8. The predicted molar refractivity (Wildman–Crippen MR) is 113 cm³/mol. The minimum atomic E-state index is -3.73. The Kier molecular flexibility index (Phi) is 6.57. The lowest BCUT2D eigenvalue weighted by molar-refractivity contribution is -0.0754. The molecule has 3 heterocycles. The van der Waals surface area contributed by atoms with Crippen molar-refractivity contribution >= 4 is 38.2 Å². The van der Waals surface area contributed by atoms with Crippen LogP contribution in [-0.2, 0) is 14.9 Å². The molecule has 1 unspecified atom stereocenters. The van der Waals surface area contributed by atoms with Crippen molar-refractivity contribution in [1.82, 2.24) is 19.3 Å². The molecule has 1 amide bonds. The first-order valence-corrected chi connectivity index (χ1v) is 11.2. The second-order valence-electron chi connectivity index (χ2n) is 6.38. The first-order valence-electron chi connectivity index (χ1n) is 8.96. The van der Waals surface area contributed by atoms with Crippen LogP contribution in [0.3, 0.4) is 0 Å². The Bertz CT molecular complexity index is 1070. The van der Waals surface area contributed by atoms with Crippen LogP contribution in [0.15, 0.2) is 29.4 Å². The smallest absolute Gasteiger partial charge is 0.288 e. The Morgan fingerprint density at radius 3 is 2.73 bits per heavy atom. The number of nitrogens with zero attached hydrogens (tertiary/aromatic N) is 5. The lowest BCUT2D eigenvalue weighted by atomic mass is 10.2.